The molecule has 4 heteroatoms. The second-order valence-electron chi connectivity index (χ2n) is 3.88. The van der Waals surface area contributed by atoms with Crippen LogP contribution in [0.2, 0.25) is 0 Å². The Morgan fingerprint density at radius 1 is 1.31 bits per heavy atom. The molecule has 1 fully saturated rings. The molecule has 4 nitrogen and oxygen atoms in total. The summed E-state index contributed by atoms with van der Waals surface area (Å²) in [5.74, 6) is 0. The lowest BCUT2D eigenvalue weighted by molar-refractivity contribution is -0.112. The molecule has 0 spiro atoms. The van der Waals surface area contributed by atoms with Crippen molar-refractivity contribution < 1.29 is 19.7 Å². The molecule has 0 aromatic heterocycles. The molecule has 1 unspecified atom stereocenters. The largest absolute Gasteiger partial charge is 0.394 e. The maximum Gasteiger partial charge on any atom is 0.157 e. The fourth-order valence-electron chi connectivity index (χ4n) is 1.81. The first-order valence-corrected chi connectivity index (χ1v) is 5.39. The summed E-state index contributed by atoms with van der Waals surface area (Å²) in [7, 11) is 0. The van der Waals surface area contributed by atoms with E-state index in [4.69, 9.17) is 14.6 Å². The number of ether oxygens (including phenoxy) is 2. The molecule has 0 saturated carbocycles. The third kappa shape index (κ3) is 2.80. The Balaban J connectivity index is 1.86. The minimum absolute atomic E-state index is 0.128. The Morgan fingerprint density at radius 3 is 2.75 bits per heavy atom. The Kier molecular flexibility index (Phi) is 3.90. The zero-order chi connectivity index (χ0) is 11.4. The van der Waals surface area contributed by atoms with Gasteiger partial charge in [0.05, 0.1) is 19.3 Å². The van der Waals surface area contributed by atoms with Crippen molar-refractivity contribution in [3.63, 3.8) is 0 Å². The van der Waals surface area contributed by atoms with E-state index in [0.717, 1.165) is 5.56 Å². The van der Waals surface area contributed by atoms with E-state index in [0.29, 0.717) is 13.0 Å². The van der Waals surface area contributed by atoms with Crippen LogP contribution >= 0.6 is 0 Å². The van der Waals surface area contributed by atoms with Gasteiger partial charge in [-0.2, -0.15) is 0 Å². The molecule has 2 rings (SSSR count). The number of hydrogen-bond donors (Lipinski definition) is 2. The first-order valence-electron chi connectivity index (χ1n) is 5.39. The molecule has 1 saturated heterocycles. The predicted molar refractivity (Wildman–Crippen MR) is 57.6 cm³/mol. The Hall–Kier alpha value is -0.940. The zero-order valence-electron chi connectivity index (χ0n) is 8.95. The van der Waals surface area contributed by atoms with E-state index in [1.165, 1.54) is 0 Å². The maximum absolute atomic E-state index is 9.28. The van der Waals surface area contributed by atoms with Gasteiger partial charge in [-0.15, -0.1) is 0 Å². The van der Waals surface area contributed by atoms with Crippen molar-refractivity contribution in [1.29, 1.82) is 0 Å². The highest BCUT2D eigenvalue weighted by Crippen LogP contribution is 2.22. The first kappa shape index (κ1) is 11.5. The molecule has 1 aromatic rings. The number of hydrogen-bond acceptors (Lipinski definition) is 4. The molecule has 1 aliphatic heterocycles. The molecule has 0 radical (unpaired) electrons. The molecule has 0 amide bonds. The van der Waals surface area contributed by atoms with E-state index < -0.39 is 12.4 Å². The third-order valence-electron chi connectivity index (χ3n) is 2.67. The Bertz CT molecular complexity index is 314. The van der Waals surface area contributed by atoms with Crippen LogP contribution in [0.25, 0.3) is 0 Å². The molecule has 2 N–H and O–H groups in total. The van der Waals surface area contributed by atoms with E-state index in [1.54, 1.807) is 0 Å². The van der Waals surface area contributed by atoms with Crippen molar-refractivity contribution in [2.75, 3.05) is 6.61 Å². The van der Waals surface area contributed by atoms with Gasteiger partial charge in [0.1, 0.15) is 6.10 Å². The summed E-state index contributed by atoms with van der Waals surface area (Å²) < 4.78 is 10.7. The lowest BCUT2D eigenvalue weighted by atomic mass is 10.2. The SMILES string of the molecule is OC[C@H]1OC(O)C[C@@H]1OCc1ccccc1. The number of rotatable bonds is 4. The smallest absolute Gasteiger partial charge is 0.157 e. The predicted octanol–water partition coefficient (Wildman–Crippen LogP) is 0.671. The summed E-state index contributed by atoms with van der Waals surface area (Å²) in [5.41, 5.74) is 1.07. The summed E-state index contributed by atoms with van der Waals surface area (Å²) in [6, 6.07) is 9.78. The summed E-state index contributed by atoms with van der Waals surface area (Å²) in [5, 5.41) is 18.3. The van der Waals surface area contributed by atoms with Crippen LogP contribution in [0.1, 0.15) is 12.0 Å². The molecule has 16 heavy (non-hydrogen) atoms. The zero-order valence-corrected chi connectivity index (χ0v) is 8.95. The highest BCUT2D eigenvalue weighted by atomic mass is 16.6. The molecule has 88 valence electrons. The number of aliphatic hydroxyl groups excluding tert-OH is 2. The highest BCUT2D eigenvalue weighted by Gasteiger charge is 2.34. The molecule has 0 bridgehead atoms. The van der Waals surface area contributed by atoms with Crippen LogP contribution in [0.5, 0.6) is 0 Å². The first-order chi connectivity index (χ1) is 7.79. The second kappa shape index (κ2) is 5.41. The molecule has 1 aliphatic rings. The average Bonchev–Trinajstić information content (AvgIpc) is 2.68. The molecule has 1 aromatic carbocycles. The van der Waals surface area contributed by atoms with Gasteiger partial charge in [0.15, 0.2) is 6.29 Å². The minimum Gasteiger partial charge on any atom is -0.394 e. The molecule has 0 aliphatic carbocycles. The van der Waals surface area contributed by atoms with Gasteiger partial charge in [-0.1, -0.05) is 30.3 Å². The van der Waals surface area contributed by atoms with Crippen molar-refractivity contribution >= 4 is 0 Å². The topological polar surface area (TPSA) is 58.9 Å². The normalized spacial score (nSPS) is 29.5. The lowest BCUT2D eigenvalue weighted by Crippen LogP contribution is -2.27. The average molecular weight is 224 g/mol. The van der Waals surface area contributed by atoms with E-state index in [9.17, 15) is 5.11 Å². The van der Waals surface area contributed by atoms with Gasteiger partial charge in [-0.25, -0.2) is 0 Å². The fraction of sp³-hybridized carbons (Fsp3) is 0.500. The minimum atomic E-state index is -0.821. The summed E-state index contributed by atoms with van der Waals surface area (Å²) in [4.78, 5) is 0. The van der Waals surface area contributed by atoms with Crippen LogP contribution in [-0.2, 0) is 16.1 Å². The number of aliphatic hydroxyl groups is 2. The Labute approximate surface area is 94.4 Å². The van der Waals surface area contributed by atoms with Crippen LogP contribution in [0.4, 0.5) is 0 Å². The standard InChI is InChI=1S/C12H16O4/c13-7-11-10(6-12(14)16-11)15-8-9-4-2-1-3-5-9/h1-5,10-14H,6-8H2/t10-,11+,12?/m0/s1. The highest BCUT2D eigenvalue weighted by molar-refractivity contribution is 5.13. The van der Waals surface area contributed by atoms with Crippen molar-refractivity contribution in [1.82, 2.24) is 0 Å². The third-order valence-corrected chi connectivity index (χ3v) is 2.67. The molecular weight excluding hydrogens is 208 g/mol. The van der Waals surface area contributed by atoms with Crippen LogP contribution in [-0.4, -0.2) is 35.3 Å². The van der Waals surface area contributed by atoms with E-state index >= 15 is 0 Å². The van der Waals surface area contributed by atoms with Gasteiger partial charge in [0.25, 0.3) is 0 Å². The van der Waals surface area contributed by atoms with Crippen molar-refractivity contribution in [2.45, 2.75) is 31.5 Å². The number of benzene rings is 1. The second-order valence-corrected chi connectivity index (χ2v) is 3.88. The lowest BCUT2D eigenvalue weighted by Gasteiger charge is -2.16. The summed E-state index contributed by atoms with van der Waals surface area (Å²) in [6.07, 6.45) is -1.06. The maximum atomic E-state index is 9.28. The van der Waals surface area contributed by atoms with E-state index in [-0.39, 0.29) is 12.7 Å². The van der Waals surface area contributed by atoms with Gasteiger partial charge in [-0.3, -0.25) is 0 Å². The van der Waals surface area contributed by atoms with Crippen molar-refractivity contribution in [2.24, 2.45) is 0 Å². The van der Waals surface area contributed by atoms with Crippen LogP contribution in [0.15, 0.2) is 30.3 Å². The summed E-state index contributed by atoms with van der Waals surface area (Å²) in [6.45, 7) is 0.342. The van der Waals surface area contributed by atoms with Gasteiger partial charge in [0.2, 0.25) is 0 Å². The summed E-state index contributed by atoms with van der Waals surface area (Å²) >= 11 is 0. The monoisotopic (exact) mass is 224 g/mol. The van der Waals surface area contributed by atoms with E-state index in [1.807, 2.05) is 30.3 Å². The van der Waals surface area contributed by atoms with Gasteiger partial charge >= 0.3 is 0 Å². The van der Waals surface area contributed by atoms with E-state index in [2.05, 4.69) is 0 Å². The van der Waals surface area contributed by atoms with Crippen LogP contribution in [0.3, 0.4) is 0 Å². The molecular formula is C12H16O4. The fourth-order valence-corrected chi connectivity index (χ4v) is 1.81. The van der Waals surface area contributed by atoms with Crippen LogP contribution < -0.4 is 0 Å². The quantitative estimate of drug-likeness (QED) is 0.789. The Morgan fingerprint density at radius 2 is 2.06 bits per heavy atom. The molecule has 1 heterocycles. The van der Waals surface area contributed by atoms with Crippen molar-refractivity contribution in [3.05, 3.63) is 35.9 Å². The molecule has 3 atom stereocenters. The van der Waals surface area contributed by atoms with Gasteiger partial charge in [0, 0.05) is 6.42 Å². The van der Waals surface area contributed by atoms with Crippen molar-refractivity contribution in [3.8, 4) is 0 Å². The van der Waals surface area contributed by atoms with Gasteiger partial charge in [-0.05, 0) is 5.56 Å². The van der Waals surface area contributed by atoms with Crippen LogP contribution in [0, 0.1) is 0 Å². The van der Waals surface area contributed by atoms with Gasteiger partial charge < -0.3 is 19.7 Å².